The van der Waals surface area contributed by atoms with Gasteiger partial charge >= 0.3 is 6.08 Å². The van der Waals surface area contributed by atoms with E-state index >= 15 is 0 Å². The molecule has 0 saturated heterocycles. The molecule has 0 aliphatic rings. The summed E-state index contributed by atoms with van der Waals surface area (Å²) in [6, 6.07) is 9.20. The molecule has 0 amide bonds. The second-order valence-corrected chi connectivity index (χ2v) is 2.08. The Bertz CT molecular complexity index is 331. The third-order valence-electron chi connectivity index (χ3n) is 1.25. The van der Waals surface area contributed by atoms with Gasteiger partial charge in [-0.15, -0.1) is 4.98 Å². The summed E-state index contributed by atoms with van der Waals surface area (Å²) in [5.74, 6) is 0.662. The molecule has 59 valence electrons. The minimum atomic E-state index is 0.0983. The third-order valence-corrected chi connectivity index (χ3v) is 1.25. The second-order valence-electron chi connectivity index (χ2n) is 2.08. The maximum Gasteiger partial charge on any atom is 0.423 e. The van der Waals surface area contributed by atoms with Crippen molar-refractivity contribution in [2.24, 2.45) is 0 Å². The van der Waals surface area contributed by atoms with Crippen molar-refractivity contribution in [3.8, 4) is 11.8 Å². The summed E-state index contributed by atoms with van der Waals surface area (Å²) in [6.07, 6.45) is 2.36. The molecule has 0 unspecified atom stereocenters. The first-order valence-corrected chi connectivity index (χ1v) is 3.38. The Morgan fingerprint density at radius 3 is 2.75 bits per heavy atom. The largest absolute Gasteiger partial charge is 0.423 e. The molecule has 0 aliphatic carbocycles. The third kappa shape index (κ3) is 1.42. The van der Waals surface area contributed by atoms with Crippen LogP contribution in [0.4, 0.5) is 0 Å². The van der Waals surface area contributed by atoms with Crippen LogP contribution in [0.5, 0.6) is 11.8 Å². The van der Waals surface area contributed by atoms with Crippen LogP contribution < -0.4 is 4.74 Å². The fourth-order valence-corrected chi connectivity index (χ4v) is 0.772. The Morgan fingerprint density at radius 1 is 1.25 bits per heavy atom. The summed E-state index contributed by atoms with van der Waals surface area (Å²) in [6.45, 7) is 0. The lowest BCUT2D eigenvalue weighted by molar-refractivity contribution is 0.280. The van der Waals surface area contributed by atoms with E-state index in [0.29, 0.717) is 5.75 Å². The monoisotopic (exact) mass is 161 g/mol. The highest BCUT2D eigenvalue weighted by atomic mass is 16.6. The molecule has 2 rings (SSSR count). The highest BCUT2D eigenvalue weighted by molar-refractivity contribution is 5.23. The number of nitrogens with zero attached hydrogens (tertiary/aromatic N) is 2. The average Bonchev–Trinajstić information content (AvgIpc) is 2.59. The number of ether oxygens (including phenoxy) is 1. The summed E-state index contributed by atoms with van der Waals surface area (Å²) in [5.41, 5.74) is 0. The predicted molar refractivity (Wildman–Crippen MR) is 39.7 cm³/mol. The summed E-state index contributed by atoms with van der Waals surface area (Å²) in [7, 11) is 0. The van der Waals surface area contributed by atoms with Crippen LogP contribution in [0.1, 0.15) is 0 Å². The summed E-state index contributed by atoms with van der Waals surface area (Å²) >= 11 is 0. The maximum absolute atomic E-state index is 5.15. The van der Waals surface area contributed by atoms with Crippen molar-refractivity contribution in [3.63, 3.8) is 0 Å². The van der Waals surface area contributed by atoms with Gasteiger partial charge in [0.05, 0.1) is 0 Å². The Labute approximate surface area is 68.8 Å². The molecule has 4 nitrogen and oxygen atoms in total. The first kappa shape index (κ1) is 6.84. The fraction of sp³-hybridized carbons (Fsp3) is 0. The van der Waals surface area contributed by atoms with Crippen molar-refractivity contribution in [1.29, 1.82) is 0 Å². The van der Waals surface area contributed by atoms with Crippen LogP contribution in [0.25, 0.3) is 0 Å². The van der Waals surface area contributed by atoms with Gasteiger partial charge in [0.25, 0.3) is 0 Å². The predicted octanol–water partition coefficient (Wildman–Crippen LogP) is 1.66. The van der Waals surface area contributed by atoms with Crippen LogP contribution in [-0.4, -0.2) is 10.1 Å². The van der Waals surface area contributed by atoms with E-state index in [-0.39, 0.29) is 6.08 Å². The normalized spacial score (nSPS) is 9.67. The standard InChI is InChI=1S/C8H5N2O2/c1-2-4-7(5-3-1)11-8-9-6-10-12-8/h1-5H. The Hall–Kier alpha value is -1.84. The molecule has 1 aromatic heterocycles. The van der Waals surface area contributed by atoms with Gasteiger partial charge < -0.3 is 4.74 Å². The van der Waals surface area contributed by atoms with E-state index in [9.17, 15) is 0 Å². The van der Waals surface area contributed by atoms with E-state index in [4.69, 9.17) is 4.74 Å². The van der Waals surface area contributed by atoms with Gasteiger partial charge in [0, 0.05) is 0 Å². The quantitative estimate of drug-likeness (QED) is 0.672. The molecular formula is C8H5N2O2. The van der Waals surface area contributed by atoms with Gasteiger partial charge in [-0.2, -0.15) is 0 Å². The van der Waals surface area contributed by atoms with Crippen LogP contribution in [0.3, 0.4) is 0 Å². The van der Waals surface area contributed by atoms with Crippen molar-refractivity contribution in [2.45, 2.75) is 0 Å². The van der Waals surface area contributed by atoms with Gasteiger partial charge in [0.1, 0.15) is 5.75 Å². The molecule has 0 N–H and O–H groups in total. The molecule has 0 fully saturated rings. The molecule has 0 spiro atoms. The molecule has 4 heteroatoms. The first-order valence-electron chi connectivity index (χ1n) is 3.38. The molecule has 12 heavy (non-hydrogen) atoms. The van der Waals surface area contributed by atoms with Crippen molar-refractivity contribution >= 4 is 0 Å². The highest BCUT2D eigenvalue weighted by Crippen LogP contribution is 2.16. The molecule has 0 saturated carbocycles. The zero-order chi connectivity index (χ0) is 8.23. The highest BCUT2D eigenvalue weighted by Gasteiger charge is 2.00. The lowest BCUT2D eigenvalue weighted by Gasteiger charge is -1.96. The first-order chi connectivity index (χ1) is 5.95. The molecule has 2 aromatic rings. The number of hydrogen-bond donors (Lipinski definition) is 0. The topological polar surface area (TPSA) is 48.2 Å². The number of aromatic nitrogens is 2. The Balaban J connectivity index is 2.15. The molecule has 1 radical (unpaired) electrons. The van der Waals surface area contributed by atoms with Gasteiger partial charge in [0.2, 0.25) is 6.33 Å². The minimum Gasteiger partial charge on any atom is -0.410 e. The number of hydrogen-bond acceptors (Lipinski definition) is 4. The van der Waals surface area contributed by atoms with E-state index in [1.165, 1.54) is 0 Å². The minimum absolute atomic E-state index is 0.0983. The van der Waals surface area contributed by atoms with Gasteiger partial charge in [-0.05, 0) is 17.3 Å². The molecule has 0 aliphatic heterocycles. The lowest BCUT2D eigenvalue weighted by Crippen LogP contribution is -1.81. The summed E-state index contributed by atoms with van der Waals surface area (Å²) in [4.78, 5) is 3.59. The van der Waals surface area contributed by atoms with E-state index in [2.05, 4.69) is 21.0 Å². The molecule has 0 atom stereocenters. The lowest BCUT2D eigenvalue weighted by atomic mass is 10.3. The fourth-order valence-electron chi connectivity index (χ4n) is 0.772. The van der Waals surface area contributed by atoms with Crippen LogP contribution in [0.15, 0.2) is 34.9 Å². The second kappa shape index (κ2) is 3.04. The molecular weight excluding hydrogens is 156 g/mol. The average molecular weight is 161 g/mol. The van der Waals surface area contributed by atoms with E-state index in [0.717, 1.165) is 0 Å². The van der Waals surface area contributed by atoms with E-state index in [1.807, 2.05) is 18.2 Å². The Kier molecular flexibility index (Phi) is 1.74. The Morgan fingerprint density at radius 2 is 2.08 bits per heavy atom. The van der Waals surface area contributed by atoms with Gasteiger partial charge in [-0.1, -0.05) is 18.2 Å². The number of benzene rings is 1. The molecule has 1 aromatic carbocycles. The van der Waals surface area contributed by atoms with E-state index in [1.54, 1.807) is 12.1 Å². The SMILES string of the molecule is [c]1noc(Oc2ccccc2)n1. The summed E-state index contributed by atoms with van der Waals surface area (Å²) < 4.78 is 9.75. The van der Waals surface area contributed by atoms with Crippen LogP contribution in [-0.2, 0) is 0 Å². The maximum atomic E-state index is 5.15. The van der Waals surface area contributed by atoms with E-state index < -0.39 is 0 Å². The van der Waals surface area contributed by atoms with Gasteiger partial charge in [-0.25, -0.2) is 0 Å². The summed E-state index contributed by atoms with van der Waals surface area (Å²) in [5, 5.41) is 3.28. The zero-order valence-corrected chi connectivity index (χ0v) is 6.10. The molecule has 1 heterocycles. The van der Waals surface area contributed by atoms with Crippen molar-refractivity contribution in [3.05, 3.63) is 36.7 Å². The van der Waals surface area contributed by atoms with Crippen molar-refractivity contribution in [2.75, 3.05) is 0 Å². The van der Waals surface area contributed by atoms with Crippen LogP contribution >= 0.6 is 0 Å². The van der Waals surface area contributed by atoms with Gasteiger partial charge in [0.15, 0.2) is 0 Å². The number of rotatable bonds is 2. The smallest absolute Gasteiger partial charge is 0.410 e. The molecule has 0 bridgehead atoms. The van der Waals surface area contributed by atoms with Crippen LogP contribution in [0, 0.1) is 6.33 Å². The number of para-hydroxylation sites is 1. The zero-order valence-electron chi connectivity index (χ0n) is 6.10. The van der Waals surface area contributed by atoms with Crippen molar-refractivity contribution in [1.82, 2.24) is 10.1 Å². The van der Waals surface area contributed by atoms with Gasteiger partial charge in [-0.3, -0.25) is 4.52 Å². The van der Waals surface area contributed by atoms with Crippen LogP contribution in [0.2, 0.25) is 0 Å². The van der Waals surface area contributed by atoms with Crippen molar-refractivity contribution < 1.29 is 9.26 Å².